The zero-order valence-electron chi connectivity index (χ0n) is 16.8. The van der Waals surface area contributed by atoms with Crippen LogP contribution in [-0.2, 0) is 6.42 Å². The number of aryl methyl sites for hydroxylation is 1. The Morgan fingerprint density at radius 2 is 1.90 bits per heavy atom. The first-order valence-corrected chi connectivity index (χ1v) is 10.0. The summed E-state index contributed by atoms with van der Waals surface area (Å²) in [4.78, 5) is 22.8. The van der Waals surface area contributed by atoms with E-state index in [-0.39, 0.29) is 12.2 Å². The number of aromatic nitrogens is 3. The zero-order chi connectivity index (χ0) is 20.9. The number of hydrogen-bond acceptors (Lipinski definition) is 4. The third kappa shape index (κ3) is 4.18. The van der Waals surface area contributed by atoms with Gasteiger partial charge in [-0.15, -0.1) is 0 Å². The lowest BCUT2D eigenvalue weighted by Crippen LogP contribution is -2.14. The van der Waals surface area contributed by atoms with Gasteiger partial charge in [-0.05, 0) is 40.8 Å². The number of aliphatic hydroxyl groups excluding tert-OH is 1. The van der Waals surface area contributed by atoms with Crippen molar-refractivity contribution in [1.82, 2.24) is 15.0 Å². The van der Waals surface area contributed by atoms with E-state index >= 15 is 0 Å². The fourth-order valence-corrected chi connectivity index (χ4v) is 3.42. The first-order valence-electron chi connectivity index (χ1n) is 10.0. The number of hydrogen-bond donors (Lipinski definition) is 4. The van der Waals surface area contributed by atoms with Crippen molar-refractivity contribution in [2.24, 2.45) is 0 Å². The van der Waals surface area contributed by atoms with Crippen molar-refractivity contribution >= 4 is 29.1 Å². The summed E-state index contributed by atoms with van der Waals surface area (Å²) in [7, 11) is 0. The van der Waals surface area contributed by atoms with Crippen molar-refractivity contribution in [2.75, 3.05) is 18.5 Å². The molecule has 0 unspecified atom stereocenters. The predicted molar refractivity (Wildman–Crippen MR) is 122 cm³/mol. The van der Waals surface area contributed by atoms with Crippen LogP contribution in [0.2, 0.25) is 0 Å². The van der Waals surface area contributed by atoms with Gasteiger partial charge in [-0.1, -0.05) is 61.5 Å². The first kappa shape index (κ1) is 19.7. The smallest absolute Gasteiger partial charge is 0.261 e. The molecule has 2 aromatic carbocycles. The van der Waals surface area contributed by atoms with Crippen LogP contribution >= 0.6 is 0 Å². The van der Waals surface area contributed by atoms with Gasteiger partial charge in [0.25, 0.3) is 5.56 Å². The molecule has 0 bridgehead atoms. The van der Waals surface area contributed by atoms with Crippen LogP contribution < -0.4 is 10.9 Å². The molecule has 152 valence electrons. The maximum atomic E-state index is 12.4. The minimum absolute atomic E-state index is 0.0409. The minimum Gasteiger partial charge on any atom is -0.395 e. The number of aliphatic hydroxyl groups is 1. The van der Waals surface area contributed by atoms with E-state index < -0.39 is 0 Å². The summed E-state index contributed by atoms with van der Waals surface area (Å²) in [5.74, 6) is 0.336. The summed E-state index contributed by atoms with van der Waals surface area (Å²) >= 11 is 0. The van der Waals surface area contributed by atoms with Crippen molar-refractivity contribution in [3.8, 4) is 11.3 Å². The van der Waals surface area contributed by atoms with E-state index in [0.29, 0.717) is 23.5 Å². The summed E-state index contributed by atoms with van der Waals surface area (Å²) in [6.07, 6.45) is 5.17. The van der Waals surface area contributed by atoms with Gasteiger partial charge >= 0.3 is 0 Å². The summed E-state index contributed by atoms with van der Waals surface area (Å²) in [5.41, 5.74) is 5.65. The van der Waals surface area contributed by atoms with E-state index in [2.05, 4.69) is 69.7 Å². The maximum Gasteiger partial charge on any atom is 0.261 e. The molecule has 2 heterocycles. The Bertz CT molecular complexity index is 1240. The van der Waals surface area contributed by atoms with E-state index in [4.69, 9.17) is 5.11 Å². The zero-order valence-corrected chi connectivity index (χ0v) is 16.8. The lowest BCUT2D eigenvalue weighted by Gasteiger charge is -2.07. The molecule has 0 radical (unpaired) electrons. The van der Waals surface area contributed by atoms with Crippen LogP contribution in [0, 0.1) is 0 Å². The number of H-pyrrole nitrogens is 2. The van der Waals surface area contributed by atoms with Gasteiger partial charge < -0.3 is 15.4 Å². The molecule has 0 spiro atoms. The third-order valence-electron chi connectivity index (χ3n) is 4.99. The maximum absolute atomic E-state index is 12.4. The summed E-state index contributed by atoms with van der Waals surface area (Å²) in [6.45, 7) is 2.42. The predicted octanol–water partition coefficient (Wildman–Crippen LogP) is 4.06. The number of fused-ring (bicyclic) bond motifs is 1. The Kier molecular flexibility index (Phi) is 5.77. The minimum atomic E-state index is -0.225. The highest BCUT2D eigenvalue weighted by Crippen LogP contribution is 2.26. The van der Waals surface area contributed by atoms with Crippen molar-refractivity contribution in [1.29, 1.82) is 0 Å². The van der Waals surface area contributed by atoms with E-state index in [9.17, 15) is 4.79 Å². The molecule has 0 saturated heterocycles. The van der Waals surface area contributed by atoms with Crippen LogP contribution in [0.1, 0.15) is 23.6 Å². The third-order valence-corrected chi connectivity index (χ3v) is 4.99. The fraction of sp³-hybridized carbons (Fsp3) is 0.167. The molecular weight excluding hydrogens is 376 g/mol. The standard InChI is InChI=1S/C24H24N4O2/c1-2-17-10-11-19(14-18(17)9-8-16-6-4-3-5-7-16)21-15-20-22(26-21)27-24(25-12-13-29)28-23(20)30/h3-11,14-15,29H,2,12-13H2,1H3,(H3,25,26,27,28,30)/b9-8+. The molecule has 30 heavy (non-hydrogen) atoms. The van der Waals surface area contributed by atoms with Gasteiger partial charge in [0.15, 0.2) is 0 Å². The molecular formula is C24H24N4O2. The van der Waals surface area contributed by atoms with Gasteiger partial charge in [-0.2, -0.15) is 4.98 Å². The van der Waals surface area contributed by atoms with E-state index in [0.717, 1.165) is 28.8 Å². The highest BCUT2D eigenvalue weighted by molar-refractivity contribution is 5.84. The summed E-state index contributed by atoms with van der Waals surface area (Å²) < 4.78 is 0. The highest BCUT2D eigenvalue weighted by Gasteiger charge is 2.10. The number of anilines is 1. The lowest BCUT2D eigenvalue weighted by molar-refractivity contribution is 0.311. The molecule has 4 aromatic rings. The number of nitrogens with zero attached hydrogens (tertiary/aromatic N) is 1. The largest absolute Gasteiger partial charge is 0.395 e. The normalized spacial score (nSPS) is 11.4. The molecule has 2 aromatic heterocycles. The second kappa shape index (κ2) is 8.80. The van der Waals surface area contributed by atoms with E-state index in [1.54, 1.807) is 0 Å². The number of rotatable bonds is 7. The van der Waals surface area contributed by atoms with Crippen LogP contribution in [-0.4, -0.2) is 33.2 Å². The van der Waals surface area contributed by atoms with Crippen LogP contribution in [0.25, 0.3) is 34.4 Å². The van der Waals surface area contributed by atoms with Crippen molar-refractivity contribution in [2.45, 2.75) is 13.3 Å². The average Bonchev–Trinajstić information content (AvgIpc) is 3.21. The van der Waals surface area contributed by atoms with Crippen molar-refractivity contribution in [3.63, 3.8) is 0 Å². The van der Waals surface area contributed by atoms with Gasteiger partial charge in [0, 0.05) is 12.2 Å². The first-order chi connectivity index (χ1) is 14.7. The van der Waals surface area contributed by atoms with Gasteiger partial charge in [-0.25, -0.2) is 0 Å². The molecule has 0 saturated carbocycles. The average molecular weight is 400 g/mol. The lowest BCUT2D eigenvalue weighted by atomic mass is 9.99. The Morgan fingerprint density at radius 1 is 1.07 bits per heavy atom. The number of aromatic amines is 2. The van der Waals surface area contributed by atoms with Gasteiger partial charge in [0.1, 0.15) is 5.65 Å². The fourth-order valence-electron chi connectivity index (χ4n) is 3.42. The molecule has 0 fully saturated rings. The van der Waals surface area contributed by atoms with E-state index in [1.165, 1.54) is 5.56 Å². The Labute approximate surface area is 174 Å². The second-order valence-corrected chi connectivity index (χ2v) is 7.02. The summed E-state index contributed by atoms with van der Waals surface area (Å²) in [6, 6.07) is 18.3. The molecule has 6 nitrogen and oxygen atoms in total. The van der Waals surface area contributed by atoms with Crippen LogP contribution in [0.5, 0.6) is 0 Å². The van der Waals surface area contributed by atoms with Crippen molar-refractivity contribution in [3.05, 3.63) is 81.6 Å². The second-order valence-electron chi connectivity index (χ2n) is 7.02. The number of nitrogens with one attached hydrogen (secondary N) is 3. The molecule has 0 atom stereocenters. The topological polar surface area (TPSA) is 93.8 Å². The molecule has 0 aliphatic heterocycles. The Morgan fingerprint density at radius 3 is 2.67 bits per heavy atom. The highest BCUT2D eigenvalue weighted by atomic mass is 16.3. The van der Waals surface area contributed by atoms with Crippen LogP contribution in [0.15, 0.2) is 59.4 Å². The van der Waals surface area contributed by atoms with Crippen molar-refractivity contribution < 1.29 is 5.11 Å². The molecule has 4 rings (SSSR count). The molecule has 4 N–H and O–H groups in total. The van der Waals surface area contributed by atoms with E-state index in [1.807, 2.05) is 24.3 Å². The summed E-state index contributed by atoms with van der Waals surface area (Å²) in [5, 5.41) is 12.3. The quantitative estimate of drug-likeness (QED) is 0.352. The Hall–Kier alpha value is -3.64. The number of benzene rings is 2. The van der Waals surface area contributed by atoms with Crippen LogP contribution in [0.4, 0.5) is 5.95 Å². The molecule has 0 amide bonds. The SMILES string of the molecule is CCc1ccc(-c2cc3c(=O)[nH]c(NCCO)nc3[nH]2)cc1/C=C/c1ccccc1. The van der Waals surface area contributed by atoms with Crippen LogP contribution in [0.3, 0.4) is 0 Å². The monoisotopic (exact) mass is 400 g/mol. The van der Waals surface area contributed by atoms with Gasteiger partial charge in [0.05, 0.1) is 12.0 Å². The molecule has 0 aliphatic carbocycles. The van der Waals surface area contributed by atoms with Gasteiger partial charge in [-0.3, -0.25) is 9.78 Å². The van der Waals surface area contributed by atoms with Gasteiger partial charge in [0.2, 0.25) is 5.95 Å². The Balaban J connectivity index is 1.71. The molecule has 6 heteroatoms. The molecule has 0 aliphatic rings.